The second-order valence-electron chi connectivity index (χ2n) is 3.66. The van der Waals surface area contributed by atoms with Crippen molar-refractivity contribution in [3.05, 3.63) is 18.0 Å². The van der Waals surface area contributed by atoms with Crippen LogP contribution in [0.25, 0.3) is 0 Å². The zero-order valence-electron chi connectivity index (χ0n) is 9.22. The second kappa shape index (κ2) is 5.89. The van der Waals surface area contributed by atoms with Crippen molar-refractivity contribution in [3.8, 4) is 0 Å². The normalized spacial score (nSPS) is 12.0. The van der Waals surface area contributed by atoms with Gasteiger partial charge in [-0.15, -0.1) is 0 Å². The van der Waals surface area contributed by atoms with Gasteiger partial charge in [0.2, 0.25) is 0 Å². The van der Waals surface area contributed by atoms with Gasteiger partial charge in [-0.25, -0.2) is 0 Å². The maximum Gasteiger partial charge on any atom is 0.389 e. The minimum Gasteiger partial charge on any atom is -0.316 e. The van der Waals surface area contributed by atoms with Crippen LogP contribution in [0.4, 0.5) is 13.2 Å². The Morgan fingerprint density at radius 1 is 1.38 bits per heavy atom. The van der Waals surface area contributed by atoms with Crippen LogP contribution in [0.5, 0.6) is 0 Å². The van der Waals surface area contributed by atoms with E-state index in [1.54, 1.807) is 10.9 Å². The van der Waals surface area contributed by atoms with Crippen LogP contribution in [-0.4, -0.2) is 29.0 Å². The van der Waals surface area contributed by atoms with Crippen LogP contribution in [0, 0.1) is 0 Å². The lowest BCUT2D eigenvalue weighted by Crippen LogP contribution is -2.21. The van der Waals surface area contributed by atoms with Crippen LogP contribution in [0.1, 0.15) is 18.5 Å². The molecule has 16 heavy (non-hydrogen) atoms. The number of nitrogens with zero attached hydrogens (tertiary/aromatic N) is 2. The molecular formula is C10H16F3N3. The van der Waals surface area contributed by atoms with Gasteiger partial charge in [0.25, 0.3) is 0 Å². The predicted octanol–water partition coefficient (Wildman–Crippen LogP) is 1.89. The molecule has 0 aliphatic carbocycles. The smallest absolute Gasteiger partial charge is 0.316 e. The summed E-state index contributed by atoms with van der Waals surface area (Å²) in [5.41, 5.74) is 1.07. The van der Waals surface area contributed by atoms with E-state index in [1.165, 1.54) is 0 Å². The van der Waals surface area contributed by atoms with Crippen LogP contribution >= 0.6 is 0 Å². The summed E-state index contributed by atoms with van der Waals surface area (Å²) >= 11 is 0. The summed E-state index contributed by atoms with van der Waals surface area (Å²) in [5, 5.41) is 6.99. The van der Waals surface area contributed by atoms with E-state index in [2.05, 4.69) is 10.4 Å². The van der Waals surface area contributed by atoms with Gasteiger partial charge in [-0.3, -0.25) is 4.68 Å². The Morgan fingerprint density at radius 2 is 2.12 bits per heavy atom. The molecule has 0 bridgehead atoms. The SMILES string of the molecule is Cn1nccc1CCNCCCC(F)(F)F. The summed E-state index contributed by atoms with van der Waals surface area (Å²) in [5.74, 6) is 0. The lowest BCUT2D eigenvalue weighted by Gasteiger charge is -2.07. The molecule has 0 spiro atoms. The average Bonchev–Trinajstić information content (AvgIpc) is 2.56. The van der Waals surface area contributed by atoms with Crippen molar-refractivity contribution in [1.82, 2.24) is 15.1 Å². The van der Waals surface area contributed by atoms with E-state index in [1.807, 2.05) is 13.1 Å². The van der Waals surface area contributed by atoms with Crippen molar-refractivity contribution in [2.45, 2.75) is 25.4 Å². The molecule has 0 radical (unpaired) electrons. The molecule has 0 saturated heterocycles. The first-order valence-electron chi connectivity index (χ1n) is 5.23. The van der Waals surface area contributed by atoms with Gasteiger partial charge in [-0.2, -0.15) is 18.3 Å². The van der Waals surface area contributed by atoms with Crippen LogP contribution in [0.3, 0.4) is 0 Å². The Labute approximate surface area is 92.6 Å². The largest absolute Gasteiger partial charge is 0.389 e. The van der Waals surface area contributed by atoms with Crippen molar-refractivity contribution in [3.63, 3.8) is 0 Å². The third kappa shape index (κ3) is 5.16. The monoisotopic (exact) mass is 235 g/mol. The van der Waals surface area contributed by atoms with Crippen molar-refractivity contribution in [1.29, 1.82) is 0 Å². The van der Waals surface area contributed by atoms with Gasteiger partial charge in [-0.1, -0.05) is 0 Å². The van der Waals surface area contributed by atoms with Crippen molar-refractivity contribution >= 4 is 0 Å². The fourth-order valence-electron chi connectivity index (χ4n) is 1.40. The molecule has 92 valence electrons. The maximum absolute atomic E-state index is 11.8. The molecule has 0 fully saturated rings. The molecular weight excluding hydrogens is 219 g/mol. The summed E-state index contributed by atoms with van der Waals surface area (Å²) in [4.78, 5) is 0. The zero-order valence-corrected chi connectivity index (χ0v) is 9.22. The van der Waals surface area contributed by atoms with E-state index in [-0.39, 0.29) is 6.42 Å². The fraction of sp³-hybridized carbons (Fsp3) is 0.700. The molecule has 0 aliphatic rings. The molecule has 0 atom stereocenters. The van der Waals surface area contributed by atoms with Gasteiger partial charge in [0, 0.05) is 38.3 Å². The highest BCUT2D eigenvalue weighted by Crippen LogP contribution is 2.20. The van der Waals surface area contributed by atoms with Crippen molar-refractivity contribution < 1.29 is 13.2 Å². The minimum absolute atomic E-state index is 0.134. The Morgan fingerprint density at radius 3 is 2.69 bits per heavy atom. The van der Waals surface area contributed by atoms with E-state index < -0.39 is 12.6 Å². The first-order valence-corrected chi connectivity index (χ1v) is 5.23. The lowest BCUT2D eigenvalue weighted by molar-refractivity contribution is -0.135. The number of aryl methyl sites for hydroxylation is 1. The fourth-order valence-corrected chi connectivity index (χ4v) is 1.40. The quantitative estimate of drug-likeness (QED) is 0.763. The number of alkyl halides is 3. The highest BCUT2D eigenvalue weighted by Gasteiger charge is 2.25. The Kier molecular flexibility index (Phi) is 4.79. The third-order valence-electron chi connectivity index (χ3n) is 2.29. The Hall–Kier alpha value is -1.04. The van der Waals surface area contributed by atoms with E-state index in [0.717, 1.165) is 12.1 Å². The van der Waals surface area contributed by atoms with Gasteiger partial charge in [0.1, 0.15) is 0 Å². The topological polar surface area (TPSA) is 29.9 Å². The number of hydrogen-bond acceptors (Lipinski definition) is 2. The molecule has 1 aromatic rings. The summed E-state index contributed by atoms with van der Waals surface area (Å²) in [6.45, 7) is 1.08. The van der Waals surface area contributed by atoms with Gasteiger partial charge < -0.3 is 5.32 Å². The van der Waals surface area contributed by atoms with Crippen LogP contribution in [0.15, 0.2) is 12.3 Å². The van der Waals surface area contributed by atoms with Crippen molar-refractivity contribution in [2.75, 3.05) is 13.1 Å². The van der Waals surface area contributed by atoms with Crippen LogP contribution in [0.2, 0.25) is 0 Å². The molecule has 1 rings (SSSR count). The van der Waals surface area contributed by atoms with Gasteiger partial charge in [0.05, 0.1) is 0 Å². The van der Waals surface area contributed by atoms with E-state index in [4.69, 9.17) is 0 Å². The number of hydrogen-bond donors (Lipinski definition) is 1. The molecule has 0 amide bonds. The third-order valence-corrected chi connectivity index (χ3v) is 2.29. The molecule has 3 nitrogen and oxygen atoms in total. The molecule has 0 aromatic carbocycles. The number of aromatic nitrogens is 2. The molecule has 0 unspecified atom stereocenters. The minimum atomic E-state index is -4.04. The highest BCUT2D eigenvalue weighted by molar-refractivity contribution is 5.00. The highest BCUT2D eigenvalue weighted by atomic mass is 19.4. The summed E-state index contributed by atoms with van der Waals surface area (Å²) in [7, 11) is 1.85. The average molecular weight is 235 g/mol. The molecule has 1 N–H and O–H groups in total. The van der Waals surface area contributed by atoms with Crippen LogP contribution < -0.4 is 5.32 Å². The molecule has 1 aromatic heterocycles. The molecule has 0 saturated carbocycles. The first-order chi connectivity index (χ1) is 7.49. The van der Waals surface area contributed by atoms with Crippen molar-refractivity contribution in [2.24, 2.45) is 7.05 Å². The Balaban J connectivity index is 2.03. The predicted molar refractivity (Wildman–Crippen MR) is 55.1 cm³/mol. The molecule has 6 heteroatoms. The lowest BCUT2D eigenvalue weighted by atomic mass is 10.3. The summed E-state index contributed by atoms with van der Waals surface area (Å²) in [6.07, 6.45) is -2.13. The number of nitrogens with one attached hydrogen (secondary N) is 1. The maximum atomic E-state index is 11.8. The summed E-state index contributed by atoms with van der Waals surface area (Å²) in [6, 6.07) is 1.90. The summed E-state index contributed by atoms with van der Waals surface area (Å²) < 4.78 is 37.2. The standard InChI is InChI=1S/C10H16F3N3/c1-16-9(4-8-15-16)3-7-14-6-2-5-10(11,12)13/h4,8,14H,2-3,5-7H2,1H3. The van der Waals surface area contributed by atoms with Gasteiger partial charge >= 0.3 is 6.18 Å². The van der Waals surface area contributed by atoms with E-state index >= 15 is 0 Å². The number of rotatable bonds is 6. The Bertz CT molecular complexity index is 307. The van der Waals surface area contributed by atoms with Gasteiger partial charge in [0.15, 0.2) is 0 Å². The zero-order chi connectivity index (χ0) is 12.0. The molecule has 1 heterocycles. The molecule has 0 aliphatic heterocycles. The van der Waals surface area contributed by atoms with Gasteiger partial charge in [-0.05, 0) is 19.0 Å². The van der Waals surface area contributed by atoms with E-state index in [9.17, 15) is 13.2 Å². The number of halogens is 3. The van der Waals surface area contributed by atoms with Crippen LogP contribution in [-0.2, 0) is 13.5 Å². The van der Waals surface area contributed by atoms with E-state index in [0.29, 0.717) is 13.1 Å². The second-order valence-corrected chi connectivity index (χ2v) is 3.66. The first kappa shape index (κ1) is 13.0.